The molecule has 0 spiro atoms. The average molecular weight is 405 g/mol. The molecule has 5 rings (SSSR count). The number of carbonyl (C=O) groups is 2. The maximum absolute atomic E-state index is 12.9. The molecule has 0 N–H and O–H groups in total. The minimum absolute atomic E-state index is 0.268. The van der Waals surface area contributed by atoms with Crippen LogP contribution in [0.5, 0.6) is 0 Å². The highest BCUT2D eigenvalue weighted by molar-refractivity contribution is 6.25. The first-order chi connectivity index (χ1) is 15.1. The van der Waals surface area contributed by atoms with Crippen molar-refractivity contribution in [1.29, 1.82) is 0 Å². The smallest absolute Gasteiger partial charge is 0.347 e. The Morgan fingerprint density at radius 1 is 0.774 bits per heavy atom. The molecule has 4 aromatic rings. The van der Waals surface area contributed by atoms with Gasteiger partial charge in [0.2, 0.25) is 0 Å². The number of benzene rings is 3. The number of cyclic esters (lactones) is 2. The van der Waals surface area contributed by atoms with Gasteiger partial charge in [0.25, 0.3) is 0 Å². The van der Waals surface area contributed by atoms with Crippen molar-refractivity contribution in [3.8, 4) is 0 Å². The number of ether oxygens (including phenoxy) is 1. The average Bonchev–Trinajstić information content (AvgIpc) is 3.26. The molecule has 4 heteroatoms. The Balaban J connectivity index is 1.80. The topological polar surface area (TPSA) is 48.3 Å². The van der Waals surface area contributed by atoms with E-state index in [-0.39, 0.29) is 11.1 Å². The molecule has 0 radical (unpaired) electrons. The lowest BCUT2D eigenvalue weighted by molar-refractivity contribution is -0.149. The summed E-state index contributed by atoms with van der Waals surface area (Å²) in [6.45, 7) is 0. The fourth-order valence-corrected chi connectivity index (χ4v) is 4.08. The minimum atomic E-state index is -0.628. The number of nitrogens with zero attached hydrogens (tertiary/aromatic N) is 1. The van der Waals surface area contributed by atoms with Crippen LogP contribution in [0, 0.1) is 0 Å². The zero-order chi connectivity index (χ0) is 21.4. The summed E-state index contributed by atoms with van der Waals surface area (Å²) in [7, 11) is 1.96. The summed E-state index contributed by atoms with van der Waals surface area (Å²) in [4.78, 5) is 25.7. The Hall–Kier alpha value is -4.18. The molecule has 0 amide bonds. The second-order valence-electron chi connectivity index (χ2n) is 7.43. The molecular formula is C27H19NO3. The predicted octanol–water partition coefficient (Wildman–Crippen LogP) is 5.15. The van der Waals surface area contributed by atoms with Gasteiger partial charge in [0.1, 0.15) is 0 Å². The SMILES string of the molecule is Cn1cc(C=C2C(=O)OC(=O)C2=C(c2ccccc2)c2ccccc2)c2ccccc21. The Labute approximate surface area is 179 Å². The van der Waals surface area contributed by atoms with Crippen molar-refractivity contribution in [1.82, 2.24) is 4.57 Å². The molecular weight excluding hydrogens is 386 g/mol. The van der Waals surface area contributed by atoms with Crippen LogP contribution in [0.25, 0.3) is 22.6 Å². The van der Waals surface area contributed by atoms with Gasteiger partial charge in [-0.05, 0) is 23.3 Å². The van der Waals surface area contributed by atoms with Gasteiger partial charge in [-0.25, -0.2) is 9.59 Å². The number of carbonyl (C=O) groups excluding carboxylic acids is 2. The summed E-state index contributed by atoms with van der Waals surface area (Å²) >= 11 is 0. The third-order valence-electron chi connectivity index (χ3n) is 5.48. The molecule has 150 valence electrons. The Morgan fingerprint density at radius 3 is 2.00 bits per heavy atom. The van der Waals surface area contributed by atoms with Crippen molar-refractivity contribution in [2.24, 2.45) is 7.05 Å². The fraction of sp³-hybridized carbons (Fsp3) is 0.0370. The molecule has 1 aliphatic heterocycles. The van der Waals surface area contributed by atoms with E-state index in [0.717, 1.165) is 27.6 Å². The van der Waals surface area contributed by atoms with Gasteiger partial charge in [0, 0.05) is 35.3 Å². The molecule has 1 aromatic heterocycles. The van der Waals surface area contributed by atoms with Crippen LogP contribution >= 0.6 is 0 Å². The van der Waals surface area contributed by atoms with Crippen LogP contribution in [-0.2, 0) is 21.4 Å². The second kappa shape index (κ2) is 7.58. The molecule has 0 unspecified atom stereocenters. The standard InChI is InChI=1S/C27H19NO3/c1-28-17-20(21-14-8-9-15-23(21)28)16-22-25(27(30)31-26(22)29)24(18-10-4-2-5-11-18)19-12-6-3-7-13-19/h2-17H,1H3. The highest BCUT2D eigenvalue weighted by Crippen LogP contribution is 2.36. The quantitative estimate of drug-likeness (QED) is 0.269. The first-order valence-corrected chi connectivity index (χ1v) is 10.0. The summed E-state index contributed by atoms with van der Waals surface area (Å²) < 4.78 is 7.09. The van der Waals surface area contributed by atoms with Gasteiger partial charge in [-0.1, -0.05) is 78.9 Å². The lowest BCUT2D eigenvalue weighted by Gasteiger charge is -2.11. The van der Waals surface area contributed by atoms with Gasteiger partial charge in [-0.2, -0.15) is 0 Å². The van der Waals surface area contributed by atoms with Crippen molar-refractivity contribution in [2.45, 2.75) is 0 Å². The van der Waals surface area contributed by atoms with Crippen LogP contribution in [0.2, 0.25) is 0 Å². The van der Waals surface area contributed by atoms with Gasteiger partial charge >= 0.3 is 11.9 Å². The van der Waals surface area contributed by atoms with E-state index >= 15 is 0 Å². The number of hydrogen-bond acceptors (Lipinski definition) is 3. The van der Waals surface area contributed by atoms with Crippen LogP contribution in [0.1, 0.15) is 16.7 Å². The number of aryl methyl sites for hydroxylation is 1. The summed E-state index contributed by atoms with van der Waals surface area (Å²) in [6.07, 6.45) is 3.72. The highest BCUT2D eigenvalue weighted by Gasteiger charge is 2.37. The van der Waals surface area contributed by atoms with Gasteiger partial charge in [-0.15, -0.1) is 0 Å². The maximum Gasteiger partial charge on any atom is 0.347 e. The van der Waals surface area contributed by atoms with E-state index < -0.39 is 11.9 Å². The zero-order valence-corrected chi connectivity index (χ0v) is 16.9. The number of fused-ring (bicyclic) bond motifs is 1. The lowest BCUT2D eigenvalue weighted by Crippen LogP contribution is -2.02. The van der Waals surface area contributed by atoms with E-state index in [4.69, 9.17) is 4.74 Å². The normalized spacial score (nSPS) is 15.0. The second-order valence-corrected chi connectivity index (χ2v) is 7.43. The molecule has 1 fully saturated rings. The molecule has 4 nitrogen and oxygen atoms in total. The van der Waals surface area contributed by atoms with Crippen molar-refractivity contribution in [3.63, 3.8) is 0 Å². The summed E-state index contributed by atoms with van der Waals surface area (Å²) in [5, 5.41) is 1.00. The number of esters is 2. The monoisotopic (exact) mass is 405 g/mol. The first-order valence-electron chi connectivity index (χ1n) is 10.0. The van der Waals surface area contributed by atoms with Crippen molar-refractivity contribution < 1.29 is 14.3 Å². The number of aromatic nitrogens is 1. The van der Waals surface area contributed by atoms with Crippen molar-refractivity contribution in [2.75, 3.05) is 0 Å². The molecule has 0 atom stereocenters. The molecule has 31 heavy (non-hydrogen) atoms. The van der Waals surface area contributed by atoms with Crippen LogP contribution in [0.15, 0.2) is 102 Å². The van der Waals surface area contributed by atoms with Gasteiger partial charge < -0.3 is 9.30 Å². The predicted molar refractivity (Wildman–Crippen MR) is 121 cm³/mol. The maximum atomic E-state index is 12.9. The van der Waals surface area contributed by atoms with E-state index in [1.807, 2.05) is 103 Å². The zero-order valence-electron chi connectivity index (χ0n) is 16.9. The largest absolute Gasteiger partial charge is 0.386 e. The molecule has 2 heterocycles. The molecule has 3 aromatic carbocycles. The van der Waals surface area contributed by atoms with Crippen molar-refractivity contribution in [3.05, 3.63) is 119 Å². The van der Waals surface area contributed by atoms with E-state index in [1.165, 1.54) is 0 Å². The highest BCUT2D eigenvalue weighted by atomic mass is 16.6. The molecule has 1 aliphatic rings. The minimum Gasteiger partial charge on any atom is -0.386 e. The van der Waals surface area contributed by atoms with Crippen LogP contribution in [0.3, 0.4) is 0 Å². The molecule has 0 bridgehead atoms. The Bertz CT molecular complexity index is 1330. The summed E-state index contributed by atoms with van der Waals surface area (Å²) in [6, 6.07) is 27.2. The van der Waals surface area contributed by atoms with Gasteiger partial charge in [0.05, 0.1) is 11.1 Å². The van der Waals surface area contributed by atoms with Crippen LogP contribution < -0.4 is 0 Å². The Kier molecular flexibility index (Phi) is 4.60. The van der Waals surface area contributed by atoms with Gasteiger partial charge in [0.15, 0.2) is 0 Å². The molecule has 0 saturated carbocycles. The van der Waals surface area contributed by atoms with Crippen LogP contribution in [0.4, 0.5) is 0 Å². The van der Waals surface area contributed by atoms with E-state index in [0.29, 0.717) is 5.57 Å². The lowest BCUT2D eigenvalue weighted by atomic mass is 9.89. The van der Waals surface area contributed by atoms with E-state index in [9.17, 15) is 9.59 Å². The van der Waals surface area contributed by atoms with Crippen LogP contribution in [-0.4, -0.2) is 16.5 Å². The fourth-order valence-electron chi connectivity index (χ4n) is 4.08. The van der Waals surface area contributed by atoms with E-state index in [1.54, 1.807) is 6.08 Å². The van der Waals surface area contributed by atoms with E-state index in [2.05, 4.69) is 0 Å². The summed E-state index contributed by atoms with van der Waals surface area (Å²) in [5.74, 6) is -1.25. The third kappa shape index (κ3) is 3.28. The molecule has 1 saturated heterocycles. The van der Waals surface area contributed by atoms with Gasteiger partial charge in [-0.3, -0.25) is 0 Å². The number of para-hydroxylation sites is 1. The van der Waals surface area contributed by atoms with Crippen molar-refractivity contribution >= 4 is 34.5 Å². The molecule has 0 aliphatic carbocycles. The third-order valence-corrected chi connectivity index (χ3v) is 5.48. The number of hydrogen-bond donors (Lipinski definition) is 0. The summed E-state index contributed by atoms with van der Waals surface area (Å²) in [5.41, 5.74) is 4.84. The Morgan fingerprint density at radius 2 is 1.35 bits per heavy atom. The first kappa shape index (κ1) is 18.8. The number of rotatable bonds is 3.